The van der Waals surface area contributed by atoms with Gasteiger partial charge in [0.05, 0.1) is 0 Å². The summed E-state index contributed by atoms with van der Waals surface area (Å²) in [5.41, 5.74) is -1.49. The number of aliphatic carboxylic acids is 1. The fourth-order valence-electron chi connectivity index (χ4n) is 2.56. The molecule has 0 rings (SSSR count). The molecule has 0 radical (unpaired) electrons. The maximum atomic E-state index is 11.3. The first-order chi connectivity index (χ1) is 9.56. The van der Waals surface area contributed by atoms with Gasteiger partial charge in [0.1, 0.15) is 0 Å². The molecule has 0 saturated heterocycles. The van der Waals surface area contributed by atoms with Crippen molar-refractivity contribution in [3.8, 4) is 0 Å². The molecule has 120 valence electrons. The van der Waals surface area contributed by atoms with E-state index in [-0.39, 0.29) is 0 Å². The Balaban J connectivity index is 3.84. The van der Waals surface area contributed by atoms with E-state index >= 15 is 0 Å². The van der Waals surface area contributed by atoms with Crippen LogP contribution in [0.15, 0.2) is 0 Å². The van der Waals surface area contributed by atoms with Gasteiger partial charge in [0.15, 0.2) is 5.60 Å². The highest BCUT2D eigenvalue weighted by Crippen LogP contribution is 2.23. The summed E-state index contributed by atoms with van der Waals surface area (Å²) in [5, 5.41) is 19.5. The molecule has 0 aromatic heterocycles. The minimum absolute atomic E-state index is 0.404. The molecule has 1 atom stereocenters. The highest BCUT2D eigenvalue weighted by atomic mass is 16.4. The summed E-state index contributed by atoms with van der Waals surface area (Å²) in [4.78, 5) is 11.3. The Kier molecular flexibility index (Phi) is 11.8. The monoisotopic (exact) mass is 286 g/mol. The average molecular weight is 286 g/mol. The molecule has 0 amide bonds. The van der Waals surface area contributed by atoms with Crippen LogP contribution in [0.4, 0.5) is 0 Å². The SMILES string of the molecule is CCCCCCCCC(O)(CCCCCCC)C(=O)O. The summed E-state index contributed by atoms with van der Waals surface area (Å²) in [6.07, 6.45) is 12.9. The van der Waals surface area contributed by atoms with Crippen molar-refractivity contribution in [2.24, 2.45) is 0 Å². The number of hydrogen-bond acceptors (Lipinski definition) is 2. The largest absolute Gasteiger partial charge is 0.479 e. The third kappa shape index (κ3) is 9.35. The van der Waals surface area contributed by atoms with Crippen molar-refractivity contribution >= 4 is 5.97 Å². The van der Waals surface area contributed by atoms with Gasteiger partial charge >= 0.3 is 5.97 Å². The van der Waals surface area contributed by atoms with E-state index in [1.54, 1.807) is 0 Å². The van der Waals surface area contributed by atoms with Crippen LogP contribution in [-0.4, -0.2) is 21.8 Å². The Morgan fingerprint density at radius 3 is 1.45 bits per heavy atom. The van der Waals surface area contributed by atoms with Gasteiger partial charge in [-0.05, 0) is 25.7 Å². The molecule has 0 aliphatic rings. The maximum Gasteiger partial charge on any atom is 0.335 e. The number of unbranched alkanes of at least 4 members (excludes halogenated alkanes) is 9. The van der Waals surface area contributed by atoms with Crippen LogP contribution >= 0.6 is 0 Å². The van der Waals surface area contributed by atoms with Crippen LogP contribution in [0.2, 0.25) is 0 Å². The predicted octanol–water partition coefficient (Wildman–Crippen LogP) is 4.91. The molecule has 20 heavy (non-hydrogen) atoms. The third-order valence-corrected chi connectivity index (χ3v) is 4.04. The van der Waals surface area contributed by atoms with Gasteiger partial charge in [0.25, 0.3) is 0 Å². The summed E-state index contributed by atoms with van der Waals surface area (Å²) in [5.74, 6) is -1.04. The lowest BCUT2D eigenvalue weighted by Gasteiger charge is -2.23. The van der Waals surface area contributed by atoms with E-state index < -0.39 is 11.6 Å². The Morgan fingerprint density at radius 2 is 1.10 bits per heavy atom. The molecule has 0 bridgehead atoms. The average Bonchev–Trinajstić information content (AvgIpc) is 2.42. The van der Waals surface area contributed by atoms with Crippen molar-refractivity contribution in [3.63, 3.8) is 0 Å². The van der Waals surface area contributed by atoms with E-state index in [4.69, 9.17) is 0 Å². The summed E-state index contributed by atoms with van der Waals surface area (Å²) in [7, 11) is 0. The zero-order valence-corrected chi connectivity index (χ0v) is 13.5. The topological polar surface area (TPSA) is 57.5 Å². The molecule has 0 aliphatic heterocycles. The van der Waals surface area contributed by atoms with Crippen molar-refractivity contribution in [1.29, 1.82) is 0 Å². The van der Waals surface area contributed by atoms with Gasteiger partial charge in [-0.1, -0.05) is 71.6 Å². The molecule has 0 fully saturated rings. The van der Waals surface area contributed by atoms with Crippen molar-refractivity contribution < 1.29 is 15.0 Å². The van der Waals surface area contributed by atoms with Crippen molar-refractivity contribution in [1.82, 2.24) is 0 Å². The van der Waals surface area contributed by atoms with Crippen LogP contribution in [0.25, 0.3) is 0 Å². The first-order valence-electron chi connectivity index (χ1n) is 8.52. The van der Waals surface area contributed by atoms with E-state index in [2.05, 4.69) is 13.8 Å². The van der Waals surface area contributed by atoms with Gasteiger partial charge in [0, 0.05) is 0 Å². The molecule has 0 saturated carbocycles. The summed E-state index contributed by atoms with van der Waals surface area (Å²) < 4.78 is 0. The fourth-order valence-corrected chi connectivity index (χ4v) is 2.56. The van der Waals surface area contributed by atoms with Gasteiger partial charge in [-0.2, -0.15) is 0 Å². The number of rotatable bonds is 14. The Labute approximate surface area is 124 Å². The molecule has 0 aromatic rings. The first kappa shape index (κ1) is 19.4. The molecule has 2 N–H and O–H groups in total. The summed E-state index contributed by atoms with van der Waals surface area (Å²) in [6, 6.07) is 0. The molecule has 3 heteroatoms. The van der Waals surface area contributed by atoms with Crippen LogP contribution in [0.1, 0.15) is 97.3 Å². The Hall–Kier alpha value is -0.570. The minimum Gasteiger partial charge on any atom is -0.479 e. The molecule has 0 aliphatic carbocycles. The van der Waals surface area contributed by atoms with Crippen LogP contribution < -0.4 is 0 Å². The molecule has 1 unspecified atom stereocenters. The second-order valence-electron chi connectivity index (χ2n) is 6.02. The van der Waals surface area contributed by atoms with Crippen LogP contribution in [0, 0.1) is 0 Å². The Bertz CT molecular complexity index is 240. The Morgan fingerprint density at radius 1 is 0.750 bits per heavy atom. The standard InChI is InChI=1S/C17H34O3/c1-3-5-7-9-11-13-15-17(20,16(18)19)14-12-10-8-6-4-2/h20H,3-15H2,1-2H3,(H,18,19). The number of carboxylic acids is 1. The molecular weight excluding hydrogens is 252 g/mol. The zero-order valence-electron chi connectivity index (χ0n) is 13.5. The maximum absolute atomic E-state index is 11.3. The number of carboxylic acid groups (broad SMARTS) is 1. The van der Waals surface area contributed by atoms with E-state index in [9.17, 15) is 15.0 Å². The molecule has 3 nitrogen and oxygen atoms in total. The van der Waals surface area contributed by atoms with Gasteiger partial charge in [-0.3, -0.25) is 0 Å². The van der Waals surface area contributed by atoms with Crippen molar-refractivity contribution in [2.75, 3.05) is 0 Å². The summed E-state index contributed by atoms with van der Waals surface area (Å²) >= 11 is 0. The van der Waals surface area contributed by atoms with Gasteiger partial charge in [0.2, 0.25) is 0 Å². The lowest BCUT2D eigenvalue weighted by Crippen LogP contribution is -2.38. The highest BCUT2D eigenvalue weighted by molar-refractivity contribution is 5.76. The molecule has 0 aromatic carbocycles. The fraction of sp³-hybridized carbons (Fsp3) is 0.941. The smallest absolute Gasteiger partial charge is 0.335 e. The second-order valence-corrected chi connectivity index (χ2v) is 6.02. The quantitative estimate of drug-likeness (QED) is 0.446. The normalized spacial score (nSPS) is 14.2. The van der Waals surface area contributed by atoms with Crippen LogP contribution in [0.5, 0.6) is 0 Å². The molecular formula is C17H34O3. The second kappa shape index (κ2) is 12.2. The van der Waals surface area contributed by atoms with E-state index in [0.717, 1.165) is 38.5 Å². The number of hydrogen-bond donors (Lipinski definition) is 2. The van der Waals surface area contributed by atoms with E-state index in [1.165, 1.54) is 32.1 Å². The molecule has 0 spiro atoms. The predicted molar refractivity (Wildman–Crippen MR) is 84.0 cm³/mol. The van der Waals surface area contributed by atoms with Crippen LogP contribution in [0.3, 0.4) is 0 Å². The van der Waals surface area contributed by atoms with E-state index in [0.29, 0.717) is 12.8 Å². The highest BCUT2D eigenvalue weighted by Gasteiger charge is 2.34. The van der Waals surface area contributed by atoms with Crippen molar-refractivity contribution in [3.05, 3.63) is 0 Å². The number of carbonyl (C=O) groups is 1. The van der Waals surface area contributed by atoms with Gasteiger partial charge in [-0.15, -0.1) is 0 Å². The third-order valence-electron chi connectivity index (χ3n) is 4.04. The van der Waals surface area contributed by atoms with Crippen molar-refractivity contribution in [2.45, 2.75) is 103 Å². The first-order valence-corrected chi connectivity index (χ1v) is 8.52. The molecule has 0 heterocycles. The minimum atomic E-state index is -1.49. The van der Waals surface area contributed by atoms with E-state index in [1.807, 2.05) is 0 Å². The number of aliphatic hydroxyl groups is 1. The lowest BCUT2D eigenvalue weighted by atomic mass is 9.90. The zero-order chi connectivity index (χ0) is 15.3. The van der Waals surface area contributed by atoms with Gasteiger partial charge in [-0.25, -0.2) is 4.79 Å². The van der Waals surface area contributed by atoms with Crippen LogP contribution in [-0.2, 0) is 4.79 Å². The summed E-state index contributed by atoms with van der Waals surface area (Å²) in [6.45, 7) is 4.34. The lowest BCUT2D eigenvalue weighted by molar-refractivity contribution is -0.160. The van der Waals surface area contributed by atoms with Gasteiger partial charge < -0.3 is 10.2 Å².